The van der Waals surface area contributed by atoms with Gasteiger partial charge in [0.2, 0.25) is 0 Å². The smallest absolute Gasteiger partial charge is 0.125 e. The summed E-state index contributed by atoms with van der Waals surface area (Å²) >= 11 is 0. The minimum absolute atomic E-state index is 0.575. The van der Waals surface area contributed by atoms with Gasteiger partial charge in [0.05, 0.1) is 18.7 Å². The molecule has 0 saturated carbocycles. The Morgan fingerprint density at radius 2 is 1.78 bits per heavy atom. The van der Waals surface area contributed by atoms with E-state index in [4.69, 9.17) is 10.00 Å². The Morgan fingerprint density at radius 1 is 1.11 bits per heavy atom. The molecule has 2 aromatic carbocycles. The lowest BCUT2D eigenvalue weighted by Crippen LogP contribution is -2.02. The third-order valence-electron chi connectivity index (χ3n) is 2.79. The molecule has 0 aliphatic heterocycles. The van der Waals surface area contributed by atoms with E-state index in [9.17, 15) is 5.11 Å². The van der Waals surface area contributed by atoms with Crippen molar-refractivity contribution in [1.29, 1.82) is 5.26 Å². The summed E-state index contributed by atoms with van der Waals surface area (Å²) in [6, 6.07) is 16.3. The maximum atomic E-state index is 10.3. The van der Waals surface area contributed by atoms with Crippen LogP contribution in [0.3, 0.4) is 0 Å². The molecular formula is C15H13NO2. The third-order valence-corrected chi connectivity index (χ3v) is 2.79. The largest absolute Gasteiger partial charge is 0.496 e. The second-order valence-electron chi connectivity index (χ2n) is 3.88. The monoisotopic (exact) mass is 239 g/mol. The standard InChI is InChI=1S/C15H13NO2/c1-18-14-5-3-2-4-13(14)15(17)12-8-6-11(10-16)7-9-12/h2-9,15,17H,1H3. The van der Waals surface area contributed by atoms with Crippen molar-refractivity contribution in [2.75, 3.05) is 7.11 Å². The van der Waals surface area contributed by atoms with Crippen molar-refractivity contribution in [3.63, 3.8) is 0 Å². The third kappa shape index (κ3) is 2.34. The number of aliphatic hydroxyl groups excluding tert-OH is 1. The second-order valence-corrected chi connectivity index (χ2v) is 3.88. The molecule has 0 amide bonds. The van der Waals surface area contributed by atoms with Crippen molar-refractivity contribution >= 4 is 0 Å². The van der Waals surface area contributed by atoms with E-state index >= 15 is 0 Å². The first-order valence-corrected chi connectivity index (χ1v) is 5.57. The minimum Gasteiger partial charge on any atom is -0.496 e. The number of hydrogen-bond acceptors (Lipinski definition) is 3. The fourth-order valence-electron chi connectivity index (χ4n) is 1.81. The van der Waals surface area contributed by atoms with Crippen LogP contribution in [0, 0.1) is 11.3 Å². The Morgan fingerprint density at radius 3 is 2.39 bits per heavy atom. The van der Waals surface area contributed by atoms with Crippen molar-refractivity contribution in [3.05, 3.63) is 65.2 Å². The average molecular weight is 239 g/mol. The zero-order chi connectivity index (χ0) is 13.0. The summed E-state index contributed by atoms with van der Waals surface area (Å²) in [5.74, 6) is 0.648. The van der Waals surface area contributed by atoms with Gasteiger partial charge in [-0.1, -0.05) is 30.3 Å². The summed E-state index contributed by atoms with van der Waals surface area (Å²) in [6.07, 6.45) is -0.756. The number of ether oxygens (including phenoxy) is 1. The Kier molecular flexibility index (Phi) is 3.61. The van der Waals surface area contributed by atoms with Gasteiger partial charge < -0.3 is 9.84 Å². The van der Waals surface area contributed by atoms with Crippen LogP contribution in [0.15, 0.2) is 48.5 Å². The molecule has 0 spiro atoms. The van der Waals surface area contributed by atoms with E-state index in [1.54, 1.807) is 31.4 Å². The Bertz CT molecular complexity index is 570. The topological polar surface area (TPSA) is 53.2 Å². The Hall–Kier alpha value is -2.31. The van der Waals surface area contributed by atoms with E-state index in [0.717, 1.165) is 5.56 Å². The van der Waals surface area contributed by atoms with Gasteiger partial charge in [0.25, 0.3) is 0 Å². The predicted octanol–water partition coefficient (Wildman–Crippen LogP) is 2.65. The van der Waals surface area contributed by atoms with E-state index in [1.165, 1.54) is 0 Å². The number of methoxy groups -OCH3 is 1. The van der Waals surface area contributed by atoms with Crippen LogP contribution in [0.25, 0.3) is 0 Å². The molecule has 90 valence electrons. The van der Waals surface area contributed by atoms with Gasteiger partial charge in [0, 0.05) is 5.56 Å². The fourth-order valence-corrected chi connectivity index (χ4v) is 1.81. The van der Waals surface area contributed by atoms with Crippen molar-refractivity contribution < 1.29 is 9.84 Å². The highest BCUT2D eigenvalue weighted by Gasteiger charge is 2.14. The van der Waals surface area contributed by atoms with Crippen LogP contribution in [0.1, 0.15) is 22.8 Å². The SMILES string of the molecule is COc1ccccc1C(O)c1ccc(C#N)cc1. The van der Waals surface area contributed by atoms with Crippen molar-refractivity contribution in [2.45, 2.75) is 6.10 Å². The molecule has 0 fully saturated rings. The van der Waals surface area contributed by atoms with Gasteiger partial charge in [-0.3, -0.25) is 0 Å². The highest BCUT2D eigenvalue weighted by molar-refractivity contribution is 5.41. The first-order valence-electron chi connectivity index (χ1n) is 5.57. The van der Waals surface area contributed by atoms with E-state index in [1.807, 2.05) is 30.3 Å². The van der Waals surface area contributed by atoms with Crippen molar-refractivity contribution in [1.82, 2.24) is 0 Å². The zero-order valence-corrected chi connectivity index (χ0v) is 10.00. The number of benzene rings is 2. The van der Waals surface area contributed by atoms with Crippen molar-refractivity contribution in [2.24, 2.45) is 0 Å². The highest BCUT2D eigenvalue weighted by Crippen LogP contribution is 2.29. The summed E-state index contributed by atoms with van der Waals surface area (Å²) in [4.78, 5) is 0. The zero-order valence-electron chi connectivity index (χ0n) is 10.00. The molecule has 3 heteroatoms. The fraction of sp³-hybridized carbons (Fsp3) is 0.133. The molecule has 0 bridgehead atoms. The molecule has 0 heterocycles. The van der Waals surface area contributed by atoms with Crippen LogP contribution in [0.4, 0.5) is 0 Å². The summed E-state index contributed by atoms with van der Waals surface area (Å²) in [5, 5.41) is 19.0. The maximum Gasteiger partial charge on any atom is 0.125 e. The molecule has 2 aromatic rings. The van der Waals surface area contributed by atoms with Gasteiger partial charge in [-0.2, -0.15) is 5.26 Å². The normalized spacial score (nSPS) is 11.6. The Balaban J connectivity index is 2.35. The van der Waals surface area contributed by atoms with Crippen LogP contribution in [0.2, 0.25) is 0 Å². The van der Waals surface area contributed by atoms with E-state index in [-0.39, 0.29) is 0 Å². The van der Waals surface area contributed by atoms with Crippen LogP contribution in [-0.2, 0) is 0 Å². The molecule has 2 rings (SSSR count). The molecule has 3 nitrogen and oxygen atoms in total. The molecular weight excluding hydrogens is 226 g/mol. The number of nitrogens with zero attached hydrogens (tertiary/aromatic N) is 1. The summed E-state index contributed by atoms with van der Waals surface area (Å²) in [5.41, 5.74) is 2.02. The average Bonchev–Trinajstić information content (AvgIpc) is 2.46. The first-order chi connectivity index (χ1) is 8.76. The summed E-state index contributed by atoms with van der Waals surface area (Å²) < 4.78 is 5.22. The summed E-state index contributed by atoms with van der Waals surface area (Å²) in [7, 11) is 1.57. The molecule has 0 aliphatic rings. The molecule has 1 atom stereocenters. The number of aliphatic hydroxyl groups is 1. The highest BCUT2D eigenvalue weighted by atomic mass is 16.5. The molecule has 0 aliphatic carbocycles. The second kappa shape index (κ2) is 5.35. The lowest BCUT2D eigenvalue weighted by molar-refractivity contribution is 0.214. The van der Waals surface area contributed by atoms with Gasteiger partial charge in [-0.05, 0) is 23.8 Å². The molecule has 18 heavy (non-hydrogen) atoms. The number of hydrogen-bond donors (Lipinski definition) is 1. The van der Waals surface area contributed by atoms with E-state index in [2.05, 4.69) is 0 Å². The number of nitriles is 1. The minimum atomic E-state index is -0.756. The maximum absolute atomic E-state index is 10.3. The molecule has 1 unspecified atom stereocenters. The van der Waals surface area contributed by atoms with Crippen LogP contribution < -0.4 is 4.74 Å². The van der Waals surface area contributed by atoms with E-state index < -0.39 is 6.10 Å². The Labute approximate surface area is 106 Å². The predicted molar refractivity (Wildman–Crippen MR) is 68.2 cm³/mol. The van der Waals surface area contributed by atoms with Gasteiger partial charge in [-0.25, -0.2) is 0 Å². The van der Waals surface area contributed by atoms with Gasteiger partial charge >= 0.3 is 0 Å². The molecule has 0 radical (unpaired) electrons. The van der Waals surface area contributed by atoms with E-state index in [0.29, 0.717) is 16.9 Å². The van der Waals surface area contributed by atoms with Gasteiger partial charge in [-0.15, -0.1) is 0 Å². The first kappa shape index (κ1) is 12.2. The molecule has 0 aromatic heterocycles. The number of para-hydroxylation sites is 1. The number of rotatable bonds is 3. The summed E-state index contributed by atoms with van der Waals surface area (Å²) in [6.45, 7) is 0. The lowest BCUT2D eigenvalue weighted by atomic mass is 10.00. The van der Waals surface area contributed by atoms with Gasteiger partial charge in [0.1, 0.15) is 11.9 Å². The molecule has 0 saturated heterocycles. The van der Waals surface area contributed by atoms with Crippen LogP contribution in [0.5, 0.6) is 5.75 Å². The van der Waals surface area contributed by atoms with Crippen LogP contribution >= 0.6 is 0 Å². The van der Waals surface area contributed by atoms with Crippen LogP contribution in [-0.4, -0.2) is 12.2 Å². The van der Waals surface area contributed by atoms with Crippen molar-refractivity contribution in [3.8, 4) is 11.8 Å². The lowest BCUT2D eigenvalue weighted by Gasteiger charge is -2.14. The molecule has 1 N–H and O–H groups in total. The van der Waals surface area contributed by atoms with Gasteiger partial charge in [0.15, 0.2) is 0 Å². The quantitative estimate of drug-likeness (QED) is 0.895.